The standard InChI is InChI=1S/C9H18N2O2S/c12-14(13,9-2-1-3-9)11-7-8-4-5-10-6-8/h8-11H,1-7H2. The van der Waals surface area contributed by atoms with Crippen molar-refractivity contribution < 1.29 is 8.42 Å². The Morgan fingerprint density at radius 2 is 2.07 bits per heavy atom. The summed E-state index contributed by atoms with van der Waals surface area (Å²) in [5.74, 6) is 0.491. The maximum atomic E-state index is 11.6. The SMILES string of the molecule is O=S(=O)(NCC1CCNC1)C1CCC1. The Morgan fingerprint density at radius 1 is 1.29 bits per heavy atom. The third-order valence-electron chi connectivity index (χ3n) is 3.23. The molecule has 4 nitrogen and oxygen atoms in total. The van der Waals surface area contributed by atoms with Crippen molar-refractivity contribution >= 4 is 10.0 Å². The van der Waals surface area contributed by atoms with Crippen LogP contribution in [0.25, 0.3) is 0 Å². The van der Waals surface area contributed by atoms with E-state index in [9.17, 15) is 8.42 Å². The van der Waals surface area contributed by atoms with Crippen LogP contribution in [0, 0.1) is 5.92 Å². The molecule has 0 amide bonds. The monoisotopic (exact) mass is 218 g/mol. The maximum absolute atomic E-state index is 11.6. The van der Waals surface area contributed by atoms with Crippen LogP contribution in [0.1, 0.15) is 25.7 Å². The average Bonchev–Trinajstić information content (AvgIpc) is 2.48. The summed E-state index contributed by atoms with van der Waals surface area (Å²) in [6.45, 7) is 2.59. The van der Waals surface area contributed by atoms with E-state index < -0.39 is 10.0 Å². The van der Waals surface area contributed by atoms with Gasteiger partial charge in [0.25, 0.3) is 0 Å². The normalized spacial score (nSPS) is 29.0. The highest BCUT2D eigenvalue weighted by Crippen LogP contribution is 2.25. The summed E-state index contributed by atoms with van der Waals surface area (Å²) < 4.78 is 26.0. The third kappa shape index (κ3) is 2.27. The van der Waals surface area contributed by atoms with Gasteiger partial charge in [-0.25, -0.2) is 13.1 Å². The van der Waals surface area contributed by atoms with E-state index in [1.807, 2.05) is 0 Å². The van der Waals surface area contributed by atoms with Gasteiger partial charge in [-0.05, 0) is 38.3 Å². The van der Waals surface area contributed by atoms with Crippen molar-refractivity contribution in [1.82, 2.24) is 10.0 Å². The summed E-state index contributed by atoms with van der Waals surface area (Å²) in [7, 11) is -2.99. The van der Waals surface area contributed by atoms with Crippen molar-refractivity contribution in [2.75, 3.05) is 19.6 Å². The van der Waals surface area contributed by atoms with E-state index in [0.717, 1.165) is 38.8 Å². The van der Waals surface area contributed by atoms with Gasteiger partial charge in [0.2, 0.25) is 10.0 Å². The van der Waals surface area contributed by atoms with Crippen LogP contribution >= 0.6 is 0 Å². The molecule has 1 aliphatic heterocycles. The van der Waals surface area contributed by atoms with Crippen LogP contribution in [0.3, 0.4) is 0 Å². The molecule has 0 aromatic heterocycles. The van der Waals surface area contributed by atoms with E-state index in [1.54, 1.807) is 0 Å². The minimum atomic E-state index is -2.99. The smallest absolute Gasteiger partial charge is 0.214 e. The first-order valence-electron chi connectivity index (χ1n) is 5.38. The zero-order valence-corrected chi connectivity index (χ0v) is 9.15. The molecule has 0 radical (unpaired) electrons. The van der Waals surface area contributed by atoms with Crippen molar-refractivity contribution in [3.8, 4) is 0 Å². The van der Waals surface area contributed by atoms with Gasteiger partial charge in [0.15, 0.2) is 0 Å². The third-order valence-corrected chi connectivity index (χ3v) is 5.14. The van der Waals surface area contributed by atoms with Crippen molar-refractivity contribution in [2.45, 2.75) is 30.9 Å². The van der Waals surface area contributed by atoms with Gasteiger partial charge in [0.05, 0.1) is 5.25 Å². The first-order valence-corrected chi connectivity index (χ1v) is 6.92. The molecule has 0 aromatic carbocycles. The number of nitrogens with one attached hydrogen (secondary N) is 2. The molecule has 1 heterocycles. The van der Waals surface area contributed by atoms with E-state index in [-0.39, 0.29) is 5.25 Å². The second-order valence-corrected chi connectivity index (χ2v) is 6.35. The zero-order chi connectivity index (χ0) is 10.0. The summed E-state index contributed by atoms with van der Waals surface area (Å²) >= 11 is 0. The number of hydrogen-bond donors (Lipinski definition) is 2. The highest BCUT2D eigenvalue weighted by molar-refractivity contribution is 7.90. The van der Waals surface area contributed by atoms with Crippen LogP contribution in [-0.2, 0) is 10.0 Å². The quantitative estimate of drug-likeness (QED) is 0.702. The van der Waals surface area contributed by atoms with Gasteiger partial charge in [-0.3, -0.25) is 0 Å². The van der Waals surface area contributed by atoms with Crippen LogP contribution < -0.4 is 10.0 Å². The first-order chi connectivity index (χ1) is 6.68. The first kappa shape index (κ1) is 10.4. The molecule has 5 heteroatoms. The Bertz CT molecular complexity index is 279. The minimum absolute atomic E-state index is 0.100. The molecular formula is C9H18N2O2S. The van der Waals surface area contributed by atoms with Crippen molar-refractivity contribution in [3.05, 3.63) is 0 Å². The Balaban J connectivity index is 1.78. The van der Waals surface area contributed by atoms with Gasteiger partial charge in [0.1, 0.15) is 0 Å². The van der Waals surface area contributed by atoms with Crippen LogP contribution in [0.4, 0.5) is 0 Å². The second kappa shape index (κ2) is 4.16. The molecule has 0 aromatic rings. The molecule has 1 unspecified atom stereocenters. The van der Waals surface area contributed by atoms with Gasteiger partial charge < -0.3 is 5.32 Å². The topological polar surface area (TPSA) is 58.2 Å². The fourth-order valence-corrected chi connectivity index (χ4v) is 3.58. The van der Waals surface area contributed by atoms with E-state index in [2.05, 4.69) is 10.0 Å². The summed E-state index contributed by atoms with van der Waals surface area (Å²) in [6, 6.07) is 0. The van der Waals surface area contributed by atoms with E-state index in [0.29, 0.717) is 12.5 Å². The van der Waals surface area contributed by atoms with Gasteiger partial charge in [-0.2, -0.15) is 0 Å². The van der Waals surface area contributed by atoms with Crippen molar-refractivity contribution in [3.63, 3.8) is 0 Å². The van der Waals surface area contributed by atoms with Crippen molar-refractivity contribution in [2.24, 2.45) is 5.92 Å². The predicted molar refractivity (Wildman–Crippen MR) is 55.5 cm³/mol. The van der Waals surface area contributed by atoms with Gasteiger partial charge >= 0.3 is 0 Å². The molecule has 2 fully saturated rings. The molecular weight excluding hydrogens is 200 g/mol. The molecule has 0 bridgehead atoms. The second-order valence-electron chi connectivity index (χ2n) is 4.31. The van der Waals surface area contributed by atoms with Crippen LogP contribution in [0.5, 0.6) is 0 Å². The molecule has 2 rings (SSSR count). The van der Waals surface area contributed by atoms with Crippen LogP contribution in [-0.4, -0.2) is 33.3 Å². The minimum Gasteiger partial charge on any atom is -0.316 e. The van der Waals surface area contributed by atoms with E-state index in [4.69, 9.17) is 0 Å². The Labute approximate surface area is 85.5 Å². The predicted octanol–water partition coefficient (Wildman–Crippen LogP) is 0.0678. The Hall–Kier alpha value is -0.130. The summed E-state index contributed by atoms with van der Waals surface area (Å²) in [5, 5.41) is 3.13. The summed E-state index contributed by atoms with van der Waals surface area (Å²) in [5.41, 5.74) is 0. The largest absolute Gasteiger partial charge is 0.316 e. The fraction of sp³-hybridized carbons (Fsp3) is 1.00. The summed E-state index contributed by atoms with van der Waals surface area (Å²) in [6.07, 6.45) is 3.85. The lowest BCUT2D eigenvalue weighted by molar-refractivity contribution is 0.462. The number of sulfonamides is 1. The molecule has 1 saturated heterocycles. The van der Waals surface area contributed by atoms with Crippen LogP contribution in [0.2, 0.25) is 0 Å². The molecule has 1 saturated carbocycles. The van der Waals surface area contributed by atoms with E-state index in [1.165, 1.54) is 0 Å². The molecule has 82 valence electrons. The Morgan fingerprint density at radius 3 is 2.57 bits per heavy atom. The zero-order valence-electron chi connectivity index (χ0n) is 8.33. The lowest BCUT2D eigenvalue weighted by atomic mass is 10.0. The molecule has 0 spiro atoms. The summed E-state index contributed by atoms with van der Waals surface area (Å²) in [4.78, 5) is 0. The molecule has 2 aliphatic rings. The van der Waals surface area contributed by atoms with E-state index >= 15 is 0 Å². The average molecular weight is 218 g/mol. The molecule has 1 aliphatic carbocycles. The maximum Gasteiger partial charge on any atom is 0.214 e. The number of hydrogen-bond acceptors (Lipinski definition) is 3. The highest BCUT2D eigenvalue weighted by atomic mass is 32.2. The van der Waals surface area contributed by atoms with Gasteiger partial charge in [0, 0.05) is 6.54 Å². The lowest BCUT2D eigenvalue weighted by Gasteiger charge is -2.25. The van der Waals surface area contributed by atoms with Gasteiger partial charge in [-0.15, -0.1) is 0 Å². The molecule has 14 heavy (non-hydrogen) atoms. The highest BCUT2D eigenvalue weighted by Gasteiger charge is 2.31. The molecule has 1 atom stereocenters. The van der Waals surface area contributed by atoms with Crippen molar-refractivity contribution in [1.29, 1.82) is 0 Å². The Kier molecular flexibility index (Phi) is 3.09. The lowest BCUT2D eigenvalue weighted by Crippen LogP contribution is -2.40. The molecule has 2 N–H and O–H groups in total. The fourth-order valence-electron chi connectivity index (χ4n) is 1.92. The van der Waals surface area contributed by atoms with Gasteiger partial charge in [-0.1, -0.05) is 6.42 Å². The van der Waals surface area contributed by atoms with Crippen LogP contribution in [0.15, 0.2) is 0 Å². The number of rotatable bonds is 4.